The molecule has 2 aromatic heterocycles. The van der Waals surface area contributed by atoms with Gasteiger partial charge >= 0.3 is 0 Å². The smallest absolute Gasteiger partial charge is 0.280 e. The lowest BCUT2D eigenvalue weighted by Gasteiger charge is -2.19. The first-order chi connectivity index (χ1) is 19.2. The first-order valence-electron chi connectivity index (χ1n) is 12.3. The lowest BCUT2D eigenvalue weighted by Crippen LogP contribution is -2.30. The summed E-state index contributed by atoms with van der Waals surface area (Å²) in [6.45, 7) is 4.19. The highest BCUT2D eigenvalue weighted by atomic mass is 79.9. The molecule has 0 bridgehead atoms. The van der Waals surface area contributed by atoms with E-state index in [1.54, 1.807) is 38.1 Å². The van der Waals surface area contributed by atoms with Crippen molar-refractivity contribution in [2.45, 2.75) is 18.7 Å². The third kappa shape index (κ3) is 5.35. The highest BCUT2D eigenvalue weighted by Gasteiger charge is 2.25. The van der Waals surface area contributed by atoms with E-state index in [2.05, 4.69) is 26.0 Å². The highest BCUT2D eigenvalue weighted by Crippen LogP contribution is 2.32. The Bertz CT molecular complexity index is 1910. The van der Waals surface area contributed by atoms with E-state index in [-0.39, 0.29) is 26.6 Å². The maximum Gasteiger partial charge on any atom is 0.280 e. The van der Waals surface area contributed by atoms with Crippen molar-refractivity contribution < 1.29 is 17.6 Å². The monoisotopic (exact) mass is 638 g/mol. The van der Waals surface area contributed by atoms with Gasteiger partial charge in [-0.15, -0.1) is 0 Å². The highest BCUT2D eigenvalue weighted by molar-refractivity contribution is 9.10. The van der Waals surface area contributed by atoms with Gasteiger partial charge in [-0.1, -0.05) is 53.2 Å². The number of nitrogens with zero attached hydrogens (tertiary/aromatic N) is 4. The molecule has 3 aromatic carbocycles. The molecule has 40 heavy (non-hydrogen) atoms. The number of aromatic nitrogens is 1. The zero-order valence-corrected chi connectivity index (χ0v) is 24.7. The molecule has 204 valence electrons. The number of amides is 1. The second kappa shape index (κ2) is 11.4. The van der Waals surface area contributed by atoms with Gasteiger partial charge in [0.15, 0.2) is 0 Å². The Morgan fingerprint density at radius 3 is 2.52 bits per heavy atom. The number of anilines is 1. The van der Waals surface area contributed by atoms with Crippen molar-refractivity contribution in [3.05, 3.63) is 98.8 Å². The fourth-order valence-corrected chi connectivity index (χ4v) is 7.00. The zero-order chi connectivity index (χ0) is 28.4. The topological polar surface area (TPSA) is 113 Å². The molecule has 5 aromatic rings. The van der Waals surface area contributed by atoms with Gasteiger partial charge in [0.2, 0.25) is 20.6 Å². The summed E-state index contributed by atoms with van der Waals surface area (Å²) in [6.07, 6.45) is 2.55. The molecule has 0 aliphatic rings. The number of sulfonamides is 1. The predicted molar refractivity (Wildman–Crippen MR) is 161 cm³/mol. The quantitative estimate of drug-likeness (QED) is 0.155. The van der Waals surface area contributed by atoms with Gasteiger partial charge in [0, 0.05) is 23.1 Å². The van der Waals surface area contributed by atoms with E-state index in [9.17, 15) is 18.0 Å². The Labute approximate surface area is 242 Å². The molecule has 0 aliphatic heterocycles. The van der Waals surface area contributed by atoms with Crippen molar-refractivity contribution in [3.8, 4) is 0 Å². The Kier molecular flexibility index (Phi) is 7.95. The third-order valence-corrected chi connectivity index (χ3v) is 9.73. The van der Waals surface area contributed by atoms with Crippen LogP contribution >= 0.6 is 27.3 Å². The Balaban J connectivity index is 1.55. The summed E-state index contributed by atoms with van der Waals surface area (Å²) >= 11 is 4.70. The largest absolute Gasteiger partial charge is 0.463 e. The summed E-state index contributed by atoms with van der Waals surface area (Å²) in [5, 5.41) is 6.12. The summed E-state index contributed by atoms with van der Waals surface area (Å²) in [7, 11) is -3.69. The number of benzene rings is 3. The third-order valence-electron chi connectivity index (χ3n) is 6.18. The van der Waals surface area contributed by atoms with Gasteiger partial charge < -0.3 is 4.42 Å². The van der Waals surface area contributed by atoms with Gasteiger partial charge in [-0.05, 0) is 54.6 Å². The lowest BCUT2D eigenvalue weighted by molar-refractivity contribution is 0.0987. The molecule has 0 aliphatic carbocycles. The SMILES string of the molecule is CCN(CC)S(=O)(=O)c1ccc(C(=O)N(/N=C/c2coc3ccccc3c2=O)c2nc3ccc(Br)cc3s2)cc1. The summed E-state index contributed by atoms with van der Waals surface area (Å²) in [5.74, 6) is -0.550. The molecule has 0 atom stereocenters. The summed E-state index contributed by atoms with van der Waals surface area (Å²) in [5.41, 5.74) is 1.16. The molecular weight excluding hydrogens is 616 g/mol. The molecule has 0 saturated heterocycles. The number of carbonyl (C=O) groups excluding carboxylic acids is 1. The van der Waals surface area contributed by atoms with E-state index in [0.29, 0.717) is 29.6 Å². The first kappa shape index (κ1) is 27.8. The maximum atomic E-state index is 13.7. The molecule has 2 heterocycles. The number of carbonyl (C=O) groups is 1. The van der Waals surface area contributed by atoms with Gasteiger partial charge in [0.05, 0.1) is 32.3 Å². The second-order valence-corrected chi connectivity index (χ2v) is 12.5. The normalized spacial score (nSPS) is 12.1. The van der Waals surface area contributed by atoms with Crippen LogP contribution in [0.5, 0.6) is 0 Å². The van der Waals surface area contributed by atoms with Crippen LogP contribution in [-0.4, -0.2) is 42.9 Å². The van der Waals surface area contributed by atoms with Crippen molar-refractivity contribution in [3.63, 3.8) is 0 Å². The summed E-state index contributed by atoms with van der Waals surface area (Å²) in [4.78, 5) is 31.4. The van der Waals surface area contributed by atoms with E-state index in [1.807, 2.05) is 18.2 Å². The number of para-hydroxylation sites is 1. The van der Waals surface area contributed by atoms with Crippen LogP contribution in [-0.2, 0) is 10.0 Å². The van der Waals surface area contributed by atoms with E-state index >= 15 is 0 Å². The number of thiazole rings is 1. The molecular formula is C28H23BrN4O5S2. The van der Waals surface area contributed by atoms with Gasteiger partial charge in [-0.2, -0.15) is 14.4 Å². The minimum atomic E-state index is -3.69. The van der Waals surface area contributed by atoms with Gasteiger partial charge in [-0.25, -0.2) is 13.4 Å². The number of rotatable bonds is 8. The van der Waals surface area contributed by atoms with Crippen molar-refractivity contribution >= 4 is 75.7 Å². The molecule has 0 fully saturated rings. The van der Waals surface area contributed by atoms with Crippen LogP contribution in [0.25, 0.3) is 21.2 Å². The fourth-order valence-electron chi connectivity index (χ4n) is 4.07. The standard InChI is InChI=1S/C28H23BrN4O5S2/c1-3-32(4-2)40(36,37)21-12-9-18(10-13-21)27(35)33(28-31-23-14-11-20(29)15-25(23)39-28)30-16-19-17-38-24-8-6-5-7-22(24)26(19)34/h5-17H,3-4H2,1-2H3/b30-16+. The van der Waals surface area contributed by atoms with Crippen molar-refractivity contribution in [2.75, 3.05) is 18.1 Å². The molecule has 0 saturated carbocycles. The van der Waals surface area contributed by atoms with E-state index in [0.717, 1.165) is 14.2 Å². The number of halogens is 1. The number of hydrogen-bond donors (Lipinski definition) is 0. The van der Waals surface area contributed by atoms with Gasteiger partial charge in [-0.3, -0.25) is 9.59 Å². The van der Waals surface area contributed by atoms with Crippen LogP contribution in [0.15, 0.2) is 96.7 Å². The molecule has 0 N–H and O–H groups in total. The van der Waals surface area contributed by atoms with Crippen molar-refractivity contribution in [2.24, 2.45) is 5.10 Å². The fraction of sp³-hybridized carbons (Fsp3) is 0.143. The minimum absolute atomic E-state index is 0.0846. The number of fused-ring (bicyclic) bond motifs is 2. The lowest BCUT2D eigenvalue weighted by atomic mass is 10.2. The second-order valence-electron chi connectivity index (χ2n) is 8.60. The van der Waals surface area contributed by atoms with E-state index < -0.39 is 15.9 Å². The average molecular weight is 640 g/mol. The summed E-state index contributed by atoms with van der Waals surface area (Å²) in [6, 6.07) is 18.1. The molecule has 0 radical (unpaired) electrons. The maximum absolute atomic E-state index is 13.7. The van der Waals surface area contributed by atoms with Gasteiger partial charge in [0.25, 0.3) is 5.91 Å². The average Bonchev–Trinajstić information content (AvgIpc) is 3.37. The van der Waals surface area contributed by atoms with E-state index in [1.165, 1.54) is 52.4 Å². The Hall–Kier alpha value is -3.71. The van der Waals surface area contributed by atoms with Crippen molar-refractivity contribution in [1.82, 2.24) is 9.29 Å². The number of hydrogen-bond acceptors (Lipinski definition) is 8. The van der Waals surface area contributed by atoms with Gasteiger partial charge in [0.1, 0.15) is 11.8 Å². The van der Waals surface area contributed by atoms with Crippen LogP contribution in [0.4, 0.5) is 5.13 Å². The molecule has 0 unspecified atom stereocenters. The van der Waals surface area contributed by atoms with Crippen LogP contribution in [0.1, 0.15) is 29.8 Å². The first-order valence-corrected chi connectivity index (χ1v) is 15.3. The Morgan fingerprint density at radius 1 is 1.07 bits per heavy atom. The zero-order valence-electron chi connectivity index (χ0n) is 21.4. The predicted octanol–water partition coefficient (Wildman–Crippen LogP) is 5.88. The molecule has 12 heteroatoms. The molecule has 0 spiro atoms. The van der Waals surface area contributed by atoms with Crippen LogP contribution in [0, 0.1) is 0 Å². The molecule has 5 rings (SSSR count). The van der Waals surface area contributed by atoms with Crippen LogP contribution in [0.3, 0.4) is 0 Å². The minimum Gasteiger partial charge on any atom is -0.463 e. The molecule has 9 nitrogen and oxygen atoms in total. The number of hydrazone groups is 1. The Morgan fingerprint density at radius 2 is 1.80 bits per heavy atom. The van der Waals surface area contributed by atoms with Crippen molar-refractivity contribution in [1.29, 1.82) is 0 Å². The van der Waals surface area contributed by atoms with Crippen LogP contribution in [0.2, 0.25) is 0 Å². The van der Waals surface area contributed by atoms with E-state index in [4.69, 9.17) is 4.42 Å². The molecule has 1 amide bonds. The van der Waals surface area contributed by atoms with Crippen LogP contribution < -0.4 is 10.4 Å². The summed E-state index contributed by atoms with van der Waals surface area (Å²) < 4.78 is 34.4.